The third-order valence-electron chi connectivity index (χ3n) is 7.28. The van der Waals surface area contributed by atoms with Crippen LogP contribution in [0.5, 0.6) is 0 Å². The molecule has 6 aromatic rings. The van der Waals surface area contributed by atoms with Gasteiger partial charge in [0.15, 0.2) is 5.84 Å². The number of benzene rings is 5. The Bertz CT molecular complexity index is 1910. The molecular weight excluding hydrogens is 510 g/mol. The number of fused-ring (bicyclic) bond motifs is 8. The fourth-order valence-electron chi connectivity index (χ4n) is 5.25. The van der Waals surface area contributed by atoms with E-state index in [1.165, 1.54) is 0 Å². The quantitative estimate of drug-likeness (QED) is 0.147. The highest BCUT2D eigenvalue weighted by molar-refractivity contribution is 6.26. The van der Waals surface area contributed by atoms with Crippen molar-refractivity contribution in [2.75, 3.05) is 28.2 Å². The van der Waals surface area contributed by atoms with Gasteiger partial charge in [0, 0.05) is 67.4 Å². The maximum absolute atomic E-state index is 13.1. The van der Waals surface area contributed by atoms with E-state index >= 15 is 0 Å². The van der Waals surface area contributed by atoms with E-state index in [1.807, 2.05) is 98.7 Å². The summed E-state index contributed by atoms with van der Waals surface area (Å²) in [6.45, 7) is 0.376. The molecule has 0 aliphatic heterocycles. The Morgan fingerprint density at radius 2 is 1.34 bits per heavy atom. The average Bonchev–Trinajstić information content (AvgIpc) is 3.56. The molecule has 0 unspecified atom stereocenters. The lowest BCUT2D eigenvalue weighted by Crippen LogP contribution is -2.36. The lowest BCUT2D eigenvalue weighted by atomic mass is 9.97. The molecule has 7 heteroatoms. The van der Waals surface area contributed by atoms with Gasteiger partial charge in [-0.25, -0.2) is 0 Å². The van der Waals surface area contributed by atoms with Gasteiger partial charge in [0.25, 0.3) is 5.91 Å². The lowest BCUT2D eigenvalue weighted by Gasteiger charge is -2.22. The van der Waals surface area contributed by atoms with Gasteiger partial charge in [-0.1, -0.05) is 60.7 Å². The van der Waals surface area contributed by atoms with E-state index in [0.717, 1.165) is 49.4 Å². The van der Waals surface area contributed by atoms with E-state index in [2.05, 4.69) is 40.6 Å². The lowest BCUT2D eigenvalue weighted by molar-refractivity contribution is 0.0951. The molecule has 0 spiro atoms. The Morgan fingerprint density at radius 1 is 0.732 bits per heavy atom. The SMILES string of the molecule is CN(C)C(=NC(=N)c1ccc(CNC(=O)c2ccc3c(c2)c2oc3c3ccc(-c4ccccc4)cc32)cc1)N(C)C. The number of nitrogens with zero attached hydrogens (tertiary/aromatic N) is 3. The number of carbonyl (C=O) groups excluding carboxylic acids is 1. The van der Waals surface area contributed by atoms with Gasteiger partial charge in [-0.2, -0.15) is 4.99 Å². The second-order valence-corrected chi connectivity index (χ2v) is 10.6. The van der Waals surface area contributed by atoms with E-state index in [-0.39, 0.29) is 11.7 Å². The largest absolute Gasteiger partial charge is 0.455 e. The summed E-state index contributed by atoms with van der Waals surface area (Å²) in [5.74, 6) is 0.721. The first-order valence-corrected chi connectivity index (χ1v) is 13.5. The number of aliphatic imine (C=N–C) groups is 1. The summed E-state index contributed by atoms with van der Waals surface area (Å²) >= 11 is 0. The minimum atomic E-state index is -0.150. The molecule has 0 atom stereocenters. The molecule has 4 aromatic carbocycles. The van der Waals surface area contributed by atoms with Crippen LogP contribution in [-0.2, 0) is 6.54 Å². The van der Waals surface area contributed by atoms with E-state index in [1.54, 1.807) is 0 Å². The zero-order valence-corrected chi connectivity index (χ0v) is 23.5. The molecule has 0 aliphatic carbocycles. The van der Waals surface area contributed by atoms with Crippen molar-refractivity contribution < 1.29 is 9.21 Å². The van der Waals surface area contributed by atoms with Crippen molar-refractivity contribution in [2.24, 2.45) is 4.99 Å². The smallest absolute Gasteiger partial charge is 0.251 e. The normalized spacial score (nSPS) is 11.2. The van der Waals surface area contributed by atoms with Gasteiger partial charge < -0.3 is 19.5 Å². The van der Waals surface area contributed by atoms with E-state index in [9.17, 15) is 4.79 Å². The van der Waals surface area contributed by atoms with Gasteiger partial charge in [-0.15, -0.1) is 0 Å². The average molecular weight is 542 g/mol. The number of carbonyl (C=O) groups is 1. The van der Waals surface area contributed by atoms with Crippen LogP contribution in [-0.4, -0.2) is 55.7 Å². The topological polar surface area (TPSA) is 84.9 Å². The van der Waals surface area contributed by atoms with Crippen LogP contribution >= 0.6 is 0 Å². The minimum Gasteiger partial charge on any atom is -0.455 e. The van der Waals surface area contributed by atoms with Crippen LogP contribution in [0.2, 0.25) is 0 Å². The molecule has 0 saturated carbocycles. The van der Waals surface area contributed by atoms with Crippen molar-refractivity contribution in [3.05, 3.63) is 108 Å². The number of furan rings is 2. The van der Waals surface area contributed by atoms with Gasteiger partial charge in [0.2, 0.25) is 5.96 Å². The van der Waals surface area contributed by atoms with E-state index in [0.29, 0.717) is 23.6 Å². The van der Waals surface area contributed by atoms with Crippen LogP contribution in [0.25, 0.3) is 43.8 Å². The maximum Gasteiger partial charge on any atom is 0.251 e. The fraction of sp³-hybridized carbons (Fsp3) is 0.147. The van der Waals surface area contributed by atoms with Crippen molar-refractivity contribution >= 4 is 50.4 Å². The number of rotatable bonds is 5. The highest BCUT2D eigenvalue weighted by atomic mass is 16.3. The molecule has 2 aromatic heterocycles. The number of nitrogens with one attached hydrogen (secondary N) is 2. The van der Waals surface area contributed by atoms with Crippen molar-refractivity contribution in [2.45, 2.75) is 6.54 Å². The number of amides is 1. The molecule has 0 aliphatic rings. The molecule has 2 bridgehead atoms. The Morgan fingerprint density at radius 3 is 2.02 bits per heavy atom. The zero-order valence-electron chi connectivity index (χ0n) is 23.5. The Kier molecular flexibility index (Phi) is 6.63. The van der Waals surface area contributed by atoms with Gasteiger partial charge in [-0.3, -0.25) is 10.2 Å². The number of amidine groups is 1. The molecule has 0 radical (unpaired) electrons. The molecule has 204 valence electrons. The van der Waals surface area contributed by atoms with Gasteiger partial charge in [-0.05, 0) is 47.0 Å². The van der Waals surface area contributed by atoms with Crippen LogP contribution in [0.15, 0.2) is 100 Å². The predicted molar refractivity (Wildman–Crippen MR) is 167 cm³/mol. The number of hydrogen-bond acceptors (Lipinski definition) is 3. The van der Waals surface area contributed by atoms with Crippen LogP contribution in [0.1, 0.15) is 21.5 Å². The highest BCUT2D eigenvalue weighted by Crippen LogP contribution is 2.42. The summed E-state index contributed by atoms with van der Waals surface area (Å²) in [6.07, 6.45) is 0. The summed E-state index contributed by atoms with van der Waals surface area (Å²) < 4.78 is 6.22. The molecule has 0 saturated heterocycles. The van der Waals surface area contributed by atoms with Crippen LogP contribution in [0.3, 0.4) is 0 Å². The minimum absolute atomic E-state index is 0.150. The highest BCUT2D eigenvalue weighted by Gasteiger charge is 2.19. The Balaban J connectivity index is 1.19. The van der Waals surface area contributed by atoms with Gasteiger partial charge >= 0.3 is 0 Å². The molecule has 6 rings (SSSR count). The second kappa shape index (κ2) is 10.4. The summed E-state index contributed by atoms with van der Waals surface area (Å²) in [5.41, 5.74) is 6.19. The van der Waals surface area contributed by atoms with Crippen molar-refractivity contribution in [3.63, 3.8) is 0 Å². The molecule has 2 N–H and O–H groups in total. The molecule has 1 amide bonds. The fourth-order valence-corrected chi connectivity index (χ4v) is 5.25. The van der Waals surface area contributed by atoms with Gasteiger partial charge in [0.1, 0.15) is 11.2 Å². The van der Waals surface area contributed by atoms with Crippen molar-refractivity contribution in [3.8, 4) is 11.1 Å². The third kappa shape index (κ3) is 4.87. The third-order valence-corrected chi connectivity index (χ3v) is 7.28. The Hall–Kier alpha value is -5.17. The first kappa shape index (κ1) is 26.1. The zero-order chi connectivity index (χ0) is 28.7. The van der Waals surface area contributed by atoms with E-state index in [4.69, 9.17) is 9.83 Å². The summed E-state index contributed by atoms with van der Waals surface area (Å²) in [4.78, 5) is 21.3. The van der Waals surface area contributed by atoms with Crippen LogP contribution in [0.4, 0.5) is 0 Å². The van der Waals surface area contributed by atoms with Crippen LogP contribution < -0.4 is 5.32 Å². The second-order valence-electron chi connectivity index (χ2n) is 10.6. The monoisotopic (exact) mass is 541 g/mol. The first-order chi connectivity index (χ1) is 19.8. The molecule has 7 nitrogen and oxygen atoms in total. The summed E-state index contributed by atoms with van der Waals surface area (Å²) in [6, 6.07) is 30.0. The predicted octanol–water partition coefficient (Wildman–Crippen LogP) is 6.58. The summed E-state index contributed by atoms with van der Waals surface area (Å²) in [7, 11) is 7.59. The first-order valence-electron chi connectivity index (χ1n) is 13.5. The van der Waals surface area contributed by atoms with Crippen molar-refractivity contribution in [1.29, 1.82) is 5.41 Å². The van der Waals surface area contributed by atoms with Gasteiger partial charge in [0.05, 0.1) is 0 Å². The maximum atomic E-state index is 13.1. The van der Waals surface area contributed by atoms with Crippen LogP contribution in [0, 0.1) is 5.41 Å². The van der Waals surface area contributed by atoms with E-state index < -0.39 is 0 Å². The molecule has 2 heterocycles. The molecular formula is C34H31N5O2. The summed E-state index contributed by atoms with van der Waals surface area (Å²) in [5, 5.41) is 15.5. The Labute approximate surface area is 238 Å². The van der Waals surface area contributed by atoms with Crippen molar-refractivity contribution in [1.82, 2.24) is 15.1 Å². The number of guanidine groups is 1. The number of hydrogen-bond donors (Lipinski definition) is 2. The molecule has 0 fully saturated rings. The standard InChI is InChI=1S/C34H31N5O2/c1-38(2)34(39(3)4)37-32(35)23-12-10-21(11-13-23)20-36-33(40)25-15-17-27-29(19-25)31-28-18-24(22-8-6-5-7-9-22)14-16-26(28)30(27)41-31/h5-19,35H,20H2,1-4H3,(H,36,40). The molecule has 41 heavy (non-hydrogen) atoms.